The number of amides is 2. The summed E-state index contributed by atoms with van der Waals surface area (Å²) in [5.74, 6) is 2.06. The third-order valence-electron chi connectivity index (χ3n) is 5.74. The largest absolute Gasteiger partial charge is 0.497 e. The van der Waals surface area contributed by atoms with Gasteiger partial charge in [0.2, 0.25) is 5.91 Å². The zero-order valence-corrected chi connectivity index (χ0v) is 18.9. The first-order valence-electron chi connectivity index (χ1n) is 10.7. The smallest absolute Gasteiger partial charge is 0.251 e. The van der Waals surface area contributed by atoms with E-state index in [2.05, 4.69) is 20.5 Å². The average molecular weight is 450 g/mol. The number of aromatic amines is 1. The summed E-state index contributed by atoms with van der Waals surface area (Å²) in [5.41, 5.74) is 1.36. The van der Waals surface area contributed by atoms with Gasteiger partial charge in [-0.2, -0.15) is 5.10 Å². The number of aromatic nitrogens is 3. The van der Waals surface area contributed by atoms with Gasteiger partial charge >= 0.3 is 0 Å². The van der Waals surface area contributed by atoms with Gasteiger partial charge in [0.15, 0.2) is 5.82 Å². The Balaban J connectivity index is 1.52. The number of nitrogens with zero attached hydrogens (tertiary/aromatic N) is 3. The second-order valence-electron chi connectivity index (χ2n) is 8.03. The fraction of sp³-hybridized carbons (Fsp3) is 0.333. The normalized spacial score (nSPS) is 17.6. The molecule has 0 bridgehead atoms. The molecule has 172 valence electrons. The van der Waals surface area contributed by atoms with Gasteiger partial charge < -0.3 is 19.7 Å². The van der Waals surface area contributed by atoms with Crippen LogP contribution in [0.4, 0.5) is 0 Å². The van der Waals surface area contributed by atoms with Gasteiger partial charge in [-0.1, -0.05) is 18.2 Å². The molecule has 33 heavy (non-hydrogen) atoms. The third-order valence-corrected chi connectivity index (χ3v) is 5.74. The Morgan fingerprint density at radius 2 is 1.79 bits per heavy atom. The number of H-pyrrole nitrogens is 1. The summed E-state index contributed by atoms with van der Waals surface area (Å²) >= 11 is 0. The van der Waals surface area contributed by atoms with E-state index in [9.17, 15) is 9.59 Å². The standard InChI is InChI=1S/C24H27N5O4/c1-15-25-23(28-27-15)20-13-29(14-21(20)26-24(31)17-7-5-4-6-8-17)22(30)11-16-9-18(32-2)12-19(10-16)33-3/h4-10,12,20-21H,11,13-14H2,1-3H3,(H,26,31)(H,25,27,28). The molecule has 9 nitrogen and oxygen atoms in total. The van der Waals surface area contributed by atoms with Crippen molar-refractivity contribution in [1.29, 1.82) is 0 Å². The first kappa shape index (κ1) is 22.3. The molecule has 2 N–H and O–H groups in total. The lowest BCUT2D eigenvalue weighted by molar-refractivity contribution is -0.129. The monoisotopic (exact) mass is 449 g/mol. The number of likely N-dealkylation sites (tertiary alicyclic amines) is 1. The van der Waals surface area contributed by atoms with Gasteiger partial charge in [-0.05, 0) is 36.8 Å². The Kier molecular flexibility index (Phi) is 6.58. The van der Waals surface area contributed by atoms with Crippen molar-refractivity contribution in [3.8, 4) is 11.5 Å². The highest BCUT2D eigenvalue weighted by atomic mass is 16.5. The van der Waals surface area contributed by atoms with Crippen LogP contribution >= 0.6 is 0 Å². The zero-order valence-electron chi connectivity index (χ0n) is 18.9. The molecular formula is C24H27N5O4. The molecule has 1 aromatic heterocycles. The van der Waals surface area contributed by atoms with Crippen LogP contribution in [0, 0.1) is 6.92 Å². The van der Waals surface area contributed by atoms with E-state index < -0.39 is 0 Å². The van der Waals surface area contributed by atoms with E-state index in [-0.39, 0.29) is 30.2 Å². The molecule has 0 aliphatic carbocycles. The Morgan fingerprint density at radius 1 is 1.09 bits per heavy atom. The van der Waals surface area contributed by atoms with Crippen molar-refractivity contribution in [1.82, 2.24) is 25.4 Å². The number of carbonyl (C=O) groups excluding carboxylic acids is 2. The molecule has 2 amide bonds. The Labute approximate surface area is 192 Å². The van der Waals surface area contributed by atoms with Gasteiger partial charge in [0.25, 0.3) is 5.91 Å². The molecule has 3 aromatic rings. The van der Waals surface area contributed by atoms with Crippen LogP contribution in [0.5, 0.6) is 11.5 Å². The fourth-order valence-corrected chi connectivity index (χ4v) is 4.04. The van der Waals surface area contributed by atoms with Gasteiger partial charge in [-0.3, -0.25) is 14.7 Å². The topological polar surface area (TPSA) is 109 Å². The maximum atomic E-state index is 13.2. The zero-order chi connectivity index (χ0) is 23.4. The summed E-state index contributed by atoms with van der Waals surface area (Å²) in [6.07, 6.45) is 0.187. The van der Waals surface area contributed by atoms with Crippen LogP contribution < -0.4 is 14.8 Å². The summed E-state index contributed by atoms with van der Waals surface area (Å²) in [6.45, 7) is 2.61. The summed E-state index contributed by atoms with van der Waals surface area (Å²) in [5, 5.41) is 10.2. The summed E-state index contributed by atoms with van der Waals surface area (Å²) in [4.78, 5) is 32.2. The summed E-state index contributed by atoms with van der Waals surface area (Å²) in [6, 6.07) is 14.1. The van der Waals surface area contributed by atoms with Gasteiger partial charge in [0.1, 0.15) is 17.3 Å². The lowest BCUT2D eigenvalue weighted by Gasteiger charge is -2.18. The molecular weight excluding hydrogens is 422 g/mol. The van der Waals surface area contributed by atoms with Crippen LogP contribution in [-0.2, 0) is 11.2 Å². The number of carbonyl (C=O) groups is 2. The Hall–Kier alpha value is -3.88. The quantitative estimate of drug-likeness (QED) is 0.572. The van der Waals surface area contributed by atoms with Crippen molar-refractivity contribution in [2.45, 2.75) is 25.3 Å². The molecule has 1 fully saturated rings. The molecule has 2 heterocycles. The highest BCUT2D eigenvalue weighted by Gasteiger charge is 2.39. The van der Waals surface area contributed by atoms with Gasteiger partial charge in [-0.15, -0.1) is 0 Å². The van der Waals surface area contributed by atoms with Gasteiger partial charge in [-0.25, -0.2) is 4.98 Å². The number of hydrogen-bond donors (Lipinski definition) is 2. The molecule has 4 rings (SSSR count). The van der Waals surface area contributed by atoms with E-state index in [1.807, 2.05) is 37.3 Å². The van der Waals surface area contributed by atoms with E-state index in [1.165, 1.54) is 0 Å². The van der Waals surface area contributed by atoms with E-state index in [0.717, 1.165) is 5.56 Å². The van der Waals surface area contributed by atoms with E-state index in [0.29, 0.717) is 41.8 Å². The first-order chi connectivity index (χ1) is 16.0. The number of methoxy groups -OCH3 is 2. The first-order valence-corrected chi connectivity index (χ1v) is 10.7. The number of hydrogen-bond acceptors (Lipinski definition) is 6. The number of nitrogens with one attached hydrogen (secondary N) is 2. The molecule has 2 atom stereocenters. The lowest BCUT2D eigenvalue weighted by atomic mass is 10.0. The molecule has 0 spiro atoms. The molecule has 2 unspecified atom stereocenters. The number of benzene rings is 2. The third kappa shape index (κ3) is 5.14. The van der Waals surface area contributed by atoms with Crippen LogP contribution in [0.15, 0.2) is 48.5 Å². The van der Waals surface area contributed by atoms with Crippen molar-refractivity contribution in [2.75, 3.05) is 27.3 Å². The van der Waals surface area contributed by atoms with E-state index in [1.54, 1.807) is 37.3 Å². The van der Waals surface area contributed by atoms with Crippen LogP contribution in [0.1, 0.15) is 33.5 Å². The molecule has 0 radical (unpaired) electrons. The maximum Gasteiger partial charge on any atom is 0.251 e. The predicted molar refractivity (Wildman–Crippen MR) is 121 cm³/mol. The molecule has 9 heteroatoms. The minimum Gasteiger partial charge on any atom is -0.497 e. The second-order valence-corrected chi connectivity index (χ2v) is 8.03. The van der Waals surface area contributed by atoms with Crippen LogP contribution in [0.25, 0.3) is 0 Å². The SMILES string of the molecule is COc1cc(CC(=O)N2CC(NC(=O)c3ccccc3)C(c3n[nH]c(C)n3)C2)cc(OC)c1. The average Bonchev–Trinajstić information content (AvgIpc) is 3.45. The molecule has 1 aliphatic rings. The van der Waals surface area contributed by atoms with Crippen molar-refractivity contribution in [3.05, 3.63) is 71.3 Å². The van der Waals surface area contributed by atoms with Crippen LogP contribution in [-0.4, -0.2) is 65.2 Å². The molecule has 0 saturated carbocycles. The van der Waals surface area contributed by atoms with Crippen LogP contribution in [0.3, 0.4) is 0 Å². The van der Waals surface area contributed by atoms with Gasteiger partial charge in [0.05, 0.1) is 32.6 Å². The minimum atomic E-state index is -0.309. The lowest BCUT2D eigenvalue weighted by Crippen LogP contribution is -2.40. The Bertz CT molecular complexity index is 1110. The second kappa shape index (κ2) is 9.72. The number of ether oxygens (including phenoxy) is 2. The van der Waals surface area contributed by atoms with Crippen molar-refractivity contribution >= 4 is 11.8 Å². The van der Waals surface area contributed by atoms with E-state index >= 15 is 0 Å². The predicted octanol–water partition coefficient (Wildman–Crippen LogP) is 2.10. The molecule has 2 aromatic carbocycles. The van der Waals surface area contributed by atoms with Crippen molar-refractivity contribution in [2.24, 2.45) is 0 Å². The van der Waals surface area contributed by atoms with Crippen molar-refractivity contribution in [3.63, 3.8) is 0 Å². The summed E-state index contributed by atoms with van der Waals surface area (Å²) < 4.78 is 10.6. The number of aryl methyl sites for hydroxylation is 1. The maximum absolute atomic E-state index is 13.2. The fourth-order valence-electron chi connectivity index (χ4n) is 4.04. The Morgan fingerprint density at radius 3 is 2.39 bits per heavy atom. The highest BCUT2D eigenvalue weighted by molar-refractivity contribution is 5.94. The highest BCUT2D eigenvalue weighted by Crippen LogP contribution is 2.28. The summed E-state index contributed by atoms with van der Waals surface area (Å²) in [7, 11) is 3.15. The number of rotatable bonds is 7. The minimum absolute atomic E-state index is 0.0565. The van der Waals surface area contributed by atoms with E-state index in [4.69, 9.17) is 9.47 Å². The van der Waals surface area contributed by atoms with Crippen LogP contribution in [0.2, 0.25) is 0 Å². The molecule has 1 aliphatic heterocycles. The van der Waals surface area contributed by atoms with Gasteiger partial charge in [0, 0.05) is 24.7 Å². The van der Waals surface area contributed by atoms with Crippen molar-refractivity contribution < 1.29 is 19.1 Å². The molecule has 1 saturated heterocycles.